The molecule has 3 aromatic rings. The average molecular weight is 432 g/mol. The zero-order valence-corrected chi connectivity index (χ0v) is 16.4. The highest BCUT2D eigenvalue weighted by Crippen LogP contribution is 2.37. The molecule has 0 saturated heterocycles. The van der Waals surface area contributed by atoms with Gasteiger partial charge in [0, 0.05) is 10.8 Å². The maximum Gasteiger partial charge on any atom is 0.417 e. The number of allylic oxidation sites excluding steroid dienone is 2. The summed E-state index contributed by atoms with van der Waals surface area (Å²) in [7, 11) is 0. The molecule has 0 amide bonds. The molecule has 9 heteroatoms. The molecule has 0 bridgehead atoms. The van der Waals surface area contributed by atoms with Crippen LogP contribution in [0.4, 0.5) is 13.2 Å². The van der Waals surface area contributed by atoms with Gasteiger partial charge in [-0.25, -0.2) is 4.79 Å². The molecule has 1 aliphatic rings. The zero-order chi connectivity index (χ0) is 21.6. The summed E-state index contributed by atoms with van der Waals surface area (Å²) in [5.74, 6) is -2.18. The van der Waals surface area contributed by atoms with Gasteiger partial charge in [-0.2, -0.15) is 23.0 Å². The molecule has 0 saturated carbocycles. The number of rotatable bonds is 3. The SMILES string of the molecule is Cc1cc2c(s1)c(C1C=CC(C(=O)O)=CC1)nn2C(=O)c1ccccc1C(F)(F)F. The number of aryl methyl sites for hydroxylation is 1. The number of carboxylic acid groups (broad SMARTS) is 1. The lowest BCUT2D eigenvalue weighted by atomic mass is 9.94. The Balaban J connectivity index is 1.80. The number of hydrogen-bond donors (Lipinski definition) is 1. The van der Waals surface area contributed by atoms with Crippen molar-refractivity contribution in [3.8, 4) is 0 Å². The number of aliphatic carboxylic acids is 1. The van der Waals surface area contributed by atoms with Gasteiger partial charge in [-0.05, 0) is 31.5 Å². The largest absolute Gasteiger partial charge is 0.478 e. The number of carboxylic acids is 1. The second-order valence-electron chi connectivity index (χ2n) is 6.88. The van der Waals surface area contributed by atoms with Crippen molar-refractivity contribution in [3.05, 3.63) is 75.8 Å². The maximum atomic E-state index is 13.4. The number of fused-ring (bicyclic) bond motifs is 1. The number of aromatic nitrogens is 2. The number of nitrogens with zero attached hydrogens (tertiary/aromatic N) is 2. The Morgan fingerprint density at radius 2 is 2.00 bits per heavy atom. The van der Waals surface area contributed by atoms with E-state index >= 15 is 0 Å². The summed E-state index contributed by atoms with van der Waals surface area (Å²) in [6.45, 7) is 1.84. The van der Waals surface area contributed by atoms with Gasteiger partial charge in [0.1, 0.15) is 0 Å². The molecule has 1 aliphatic carbocycles. The van der Waals surface area contributed by atoms with Crippen molar-refractivity contribution in [2.75, 3.05) is 0 Å². The van der Waals surface area contributed by atoms with Crippen molar-refractivity contribution in [1.29, 1.82) is 0 Å². The molecular formula is C21H15F3N2O3S. The Bertz CT molecular complexity index is 1230. The minimum absolute atomic E-state index is 0.166. The summed E-state index contributed by atoms with van der Waals surface area (Å²) in [6, 6.07) is 6.34. The van der Waals surface area contributed by atoms with E-state index in [0.717, 1.165) is 21.7 Å². The van der Waals surface area contributed by atoms with E-state index in [4.69, 9.17) is 5.11 Å². The Hall–Kier alpha value is -3.20. The van der Waals surface area contributed by atoms with Crippen molar-refractivity contribution in [2.24, 2.45) is 0 Å². The molecule has 0 spiro atoms. The van der Waals surface area contributed by atoms with Crippen LogP contribution in [0.3, 0.4) is 0 Å². The third kappa shape index (κ3) is 3.45. The van der Waals surface area contributed by atoms with Crippen LogP contribution in [-0.4, -0.2) is 26.8 Å². The summed E-state index contributed by atoms with van der Waals surface area (Å²) in [5.41, 5.74) is -0.343. The maximum absolute atomic E-state index is 13.4. The van der Waals surface area contributed by atoms with E-state index in [0.29, 0.717) is 22.3 Å². The molecular weight excluding hydrogens is 417 g/mol. The fourth-order valence-corrected chi connectivity index (χ4v) is 4.50. The molecule has 2 heterocycles. The Morgan fingerprint density at radius 3 is 2.63 bits per heavy atom. The van der Waals surface area contributed by atoms with E-state index in [-0.39, 0.29) is 11.5 Å². The number of thiophene rings is 1. The first kappa shape index (κ1) is 20.1. The van der Waals surface area contributed by atoms with E-state index in [9.17, 15) is 22.8 Å². The van der Waals surface area contributed by atoms with Crippen LogP contribution in [0, 0.1) is 6.92 Å². The minimum atomic E-state index is -4.67. The van der Waals surface area contributed by atoms with E-state index < -0.39 is 29.2 Å². The smallest absolute Gasteiger partial charge is 0.417 e. The molecule has 4 rings (SSSR count). The average Bonchev–Trinajstić information content (AvgIpc) is 3.24. The Kier molecular flexibility index (Phi) is 4.85. The van der Waals surface area contributed by atoms with Crippen LogP contribution < -0.4 is 0 Å². The van der Waals surface area contributed by atoms with Crippen LogP contribution in [0.2, 0.25) is 0 Å². The standard InChI is InChI=1S/C21H15F3N2O3S/c1-11-10-16-18(30-11)17(12-6-8-13(9-7-12)20(28)29)25-26(16)19(27)14-4-2-3-5-15(14)21(22,23)24/h2-6,8-10,12H,7H2,1H3,(H,28,29). The first-order valence-electron chi connectivity index (χ1n) is 8.98. The Labute approximate surface area is 172 Å². The lowest BCUT2D eigenvalue weighted by Gasteiger charge is -2.13. The fraction of sp³-hybridized carbons (Fsp3) is 0.190. The molecule has 5 nitrogen and oxygen atoms in total. The third-order valence-electron chi connectivity index (χ3n) is 4.86. The highest BCUT2D eigenvalue weighted by Gasteiger charge is 2.36. The molecule has 154 valence electrons. The second kappa shape index (κ2) is 7.24. The highest BCUT2D eigenvalue weighted by molar-refractivity contribution is 7.19. The van der Waals surface area contributed by atoms with Crippen molar-refractivity contribution < 1.29 is 27.9 Å². The van der Waals surface area contributed by atoms with Gasteiger partial charge in [0.2, 0.25) is 0 Å². The zero-order valence-electron chi connectivity index (χ0n) is 15.6. The number of alkyl halides is 3. The summed E-state index contributed by atoms with van der Waals surface area (Å²) >= 11 is 1.39. The molecule has 2 aromatic heterocycles. The molecule has 0 aliphatic heterocycles. The lowest BCUT2D eigenvalue weighted by Crippen LogP contribution is -2.19. The number of carbonyl (C=O) groups is 2. The fourth-order valence-electron chi connectivity index (χ4n) is 3.46. The second-order valence-corrected chi connectivity index (χ2v) is 8.14. The van der Waals surface area contributed by atoms with Gasteiger partial charge in [0.15, 0.2) is 0 Å². The van der Waals surface area contributed by atoms with Crippen LogP contribution >= 0.6 is 11.3 Å². The first-order valence-corrected chi connectivity index (χ1v) is 9.80. The van der Waals surface area contributed by atoms with Crippen molar-refractivity contribution in [3.63, 3.8) is 0 Å². The van der Waals surface area contributed by atoms with Crippen LogP contribution in [-0.2, 0) is 11.0 Å². The normalized spacial score (nSPS) is 16.7. The predicted molar refractivity (Wildman–Crippen MR) is 106 cm³/mol. The highest BCUT2D eigenvalue weighted by atomic mass is 32.1. The summed E-state index contributed by atoms with van der Waals surface area (Å²) in [6.07, 6.45) is 0.436. The summed E-state index contributed by atoms with van der Waals surface area (Å²) in [5, 5.41) is 13.5. The quantitative estimate of drug-likeness (QED) is 0.620. The van der Waals surface area contributed by atoms with Crippen LogP contribution in [0.25, 0.3) is 10.2 Å². The monoisotopic (exact) mass is 432 g/mol. The number of carbonyl (C=O) groups excluding carboxylic acids is 1. The molecule has 1 N–H and O–H groups in total. The van der Waals surface area contributed by atoms with Crippen LogP contribution in [0.15, 0.2) is 54.1 Å². The van der Waals surface area contributed by atoms with Gasteiger partial charge in [-0.15, -0.1) is 11.3 Å². The third-order valence-corrected chi connectivity index (χ3v) is 5.92. The van der Waals surface area contributed by atoms with Crippen molar-refractivity contribution >= 4 is 33.4 Å². The number of halogens is 3. The summed E-state index contributed by atoms with van der Waals surface area (Å²) in [4.78, 5) is 25.1. The Morgan fingerprint density at radius 1 is 1.27 bits per heavy atom. The lowest BCUT2D eigenvalue weighted by molar-refractivity contribution is -0.138. The number of hydrogen-bond acceptors (Lipinski definition) is 4. The van der Waals surface area contributed by atoms with E-state index in [1.54, 1.807) is 18.2 Å². The van der Waals surface area contributed by atoms with Gasteiger partial charge in [0.05, 0.1) is 32.6 Å². The molecule has 1 atom stereocenters. The molecule has 1 unspecified atom stereocenters. The minimum Gasteiger partial charge on any atom is -0.478 e. The van der Waals surface area contributed by atoms with Crippen LogP contribution in [0.5, 0.6) is 0 Å². The van der Waals surface area contributed by atoms with Crippen molar-refractivity contribution in [1.82, 2.24) is 9.78 Å². The molecule has 1 aromatic carbocycles. The van der Waals surface area contributed by atoms with Gasteiger partial charge >= 0.3 is 12.1 Å². The van der Waals surface area contributed by atoms with Gasteiger partial charge in [-0.3, -0.25) is 4.79 Å². The van der Waals surface area contributed by atoms with E-state index in [1.807, 2.05) is 6.92 Å². The van der Waals surface area contributed by atoms with Crippen molar-refractivity contribution in [2.45, 2.75) is 25.4 Å². The molecule has 0 radical (unpaired) electrons. The first-order chi connectivity index (χ1) is 14.2. The molecule has 0 fully saturated rings. The van der Waals surface area contributed by atoms with Gasteiger partial charge < -0.3 is 5.11 Å². The van der Waals surface area contributed by atoms with E-state index in [1.165, 1.54) is 29.5 Å². The predicted octanol–water partition coefficient (Wildman–Crippen LogP) is 5.17. The van der Waals surface area contributed by atoms with Crippen LogP contribution in [0.1, 0.15) is 38.8 Å². The van der Waals surface area contributed by atoms with Gasteiger partial charge in [-0.1, -0.05) is 30.4 Å². The van der Waals surface area contributed by atoms with Gasteiger partial charge in [0.25, 0.3) is 5.91 Å². The molecule has 30 heavy (non-hydrogen) atoms. The van der Waals surface area contributed by atoms with E-state index in [2.05, 4.69) is 5.10 Å². The number of benzene rings is 1. The summed E-state index contributed by atoms with van der Waals surface area (Å²) < 4.78 is 41.9. The topological polar surface area (TPSA) is 72.2 Å².